The van der Waals surface area contributed by atoms with Crippen LogP contribution in [0.4, 0.5) is 11.4 Å². The van der Waals surface area contributed by atoms with E-state index in [-0.39, 0.29) is 5.91 Å². The SMILES string of the molecule is CNc1cnccc1C(=O)Nc1ccccc1OC. The van der Waals surface area contributed by atoms with Crippen molar-refractivity contribution in [3.05, 3.63) is 48.3 Å². The zero-order chi connectivity index (χ0) is 13.7. The molecule has 19 heavy (non-hydrogen) atoms. The van der Waals surface area contributed by atoms with Gasteiger partial charge in [-0.15, -0.1) is 0 Å². The van der Waals surface area contributed by atoms with Gasteiger partial charge < -0.3 is 15.4 Å². The maximum Gasteiger partial charge on any atom is 0.257 e. The fourth-order valence-corrected chi connectivity index (χ4v) is 1.73. The normalized spacial score (nSPS) is 9.79. The predicted octanol–water partition coefficient (Wildman–Crippen LogP) is 2.38. The Kier molecular flexibility index (Phi) is 3.97. The zero-order valence-electron chi connectivity index (χ0n) is 10.8. The van der Waals surface area contributed by atoms with E-state index in [4.69, 9.17) is 4.74 Å². The molecule has 0 unspecified atom stereocenters. The first-order chi connectivity index (χ1) is 9.26. The maximum absolute atomic E-state index is 12.2. The van der Waals surface area contributed by atoms with Gasteiger partial charge >= 0.3 is 0 Å². The second kappa shape index (κ2) is 5.86. The second-order valence-corrected chi connectivity index (χ2v) is 3.83. The summed E-state index contributed by atoms with van der Waals surface area (Å²) in [6.45, 7) is 0. The molecule has 0 aliphatic rings. The molecule has 5 nitrogen and oxygen atoms in total. The number of anilines is 2. The van der Waals surface area contributed by atoms with E-state index in [0.717, 1.165) is 0 Å². The smallest absolute Gasteiger partial charge is 0.257 e. The standard InChI is InChI=1S/C14H15N3O2/c1-15-12-9-16-8-7-10(12)14(18)17-11-5-3-4-6-13(11)19-2/h3-9,15H,1-2H3,(H,17,18). The lowest BCUT2D eigenvalue weighted by Gasteiger charge is -2.11. The molecule has 1 aromatic carbocycles. The molecule has 2 aromatic rings. The molecule has 5 heteroatoms. The third kappa shape index (κ3) is 2.82. The van der Waals surface area contributed by atoms with E-state index < -0.39 is 0 Å². The fraction of sp³-hybridized carbons (Fsp3) is 0.143. The van der Waals surface area contributed by atoms with Crippen molar-refractivity contribution in [3.63, 3.8) is 0 Å². The molecule has 1 aromatic heterocycles. The van der Waals surface area contributed by atoms with Crippen LogP contribution in [0.25, 0.3) is 0 Å². The van der Waals surface area contributed by atoms with Crippen LogP contribution < -0.4 is 15.4 Å². The Hall–Kier alpha value is -2.56. The third-order valence-corrected chi connectivity index (χ3v) is 2.69. The number of pyridine rings is 1. The number of hydrogen-bond donors (Lipinski definition) is 2. The fourth-order valence-electron chi connectivity index (χ4n) is 1.73. The number of benzene rings is 1. The summed E-state index contributed by atoms with van der Waals surface area (Å²) in [6.07, 6.45) is 3.19. The molecule has 1 amide bonds. The molecule has 98 valence electrons. The van der Waals surface area contributed by atoms with E-state index in [1.807, 2.05) is 12.1 Å². The molecule has 0 fully saturated rings. The van der Waals surface area contributed by atoms with Gasteiger partial charge in [0, 0.05) is 13.2 Å². The van der Waals surface area contributed by atoms with Crippen LogP contribution in [-0.4, -0.2) is 25.0 Å². The van der Waals surface area contributed by atoms with Gasteiger partial charge in [-0.3, -0.25) is 9.78 Å². The summed E-state index contributed by atoms with van der Waals surface area (Å²) in [5, 5.41) is 5.76. The molecule has 0 saturated heterocycles. The number of carbonyl (C=O) groups is 1. The summed E-state index contributed by atoms with van der Waals surface area (Å²) < 4.78 is 5.20. The second-order valence-electron chi connectivity index (χ2n) is 3.83. The maximum atomic E-state index is 12.2. The lowest BCUT2D eigenvalue weighted by molar-refractivity contribution is 0.102. The number of hydrogen-bond acceptors (Lipinski definition) is 4. The average Bonchev–Trinajstić information content (AvgIpc) is 2.47. The Morgan fingerprint density at radius 3 is 2.74 bits per heavy atom. The van der Waals surface area contributed by atoms with E-state index in [1.54, 1.807) is 44.8 Å². The number of ether oxygens (including phenoxy) is 1. The minimum absolute atomic E-state index is 0.212. The number of carbonyl (C=O) groups excluding carboxylic acids is 1. The first kappa shape index (κ1) is 12.9. The molecule has 1 heterocycles. The highest BCUT2D eigenvalue weighted by atomic mass is 16.5. The highest BCUT2D eigenvalue weighted by Crippen LogP contribution is 2.24. The van der Waals surface area contributed by atoms with Crippen LogP contribution in [-0.2, 0) is 0 Å². The Morgan fingerprint density at radius 2 is 2.00 bits per heavy atom. The molecule has 0 saturated carbocycles. The molecule has 0 atom stereocenters. The van der Waals surface area contributed by atoms with Crippen molar-refractivity contribution < 1.29 is 9.53 Å². The van der Waals surface area contributed by atoms with Gasteiger partial charge in [-0.1, -0.05) is 12.1 Å². The monoisotopic (exact) mass is 257 g/mol. The van der Waals surface area contributed by atoms with Crippen LogP contribution >= 0.6 is 0 Å². The minimum Gasteiger partial charge on any atom is -0.495 e. The van der Waals surface area contributed by atoms with Crippen molar-refractivity contribution in [3.8, 4) is 5.75 Å². The van der Waals surface area contributed by atoms with E-state index in [9.17, 15) is 4.79 Å². The number of amides is 1. The largest absolute Gasteiger partial charge is 0.495 e. The van der Waals surface area contributed by atoms with Crippen LogP contribution in [0.5, 0.6) is 5.75 Å². The van der Waals surface area contributed by atoms with Gasteiger partial charge in [0.15, 0.2) is 0 Å². The minimum atomic E-state index is -0.212. The van der Waals surface area contributed by atoms with Crippen LogP contribution in [0, 0.1) is 0 Å². The summed E-state index contributed by atoms with van der Waals surface area (Å²) in [5.41, 5.74) is 1.84. The lowest BCUT2D eigenvalue weighted by atomic mass is 10.2. The van der Waals surface area contributed by atoms with E-state index in [2.05, 4.69) is 15.6 Å². The Bertz CT molecular complexity index is 584. The van der Waals surface area contributed by atoms with Crippen LogP contribution in [0.15, 0.2) is 42.7 Å². The molecular weight excluding hydrogens is 242 g/mol. The van der Waals surface area contributed by atoms with Gasteiger partial charge in [0.05, 0.1) is 30.2 Å². The summed E-state index contributed by atoms with van der Waals surface area (Å²) in [5.74, 6) is 0.409. The Balaban J connectivity index is 2.26. The van der Waals surface area contributed by atoms with E-state index in [0.29, 0.717) is 22.7 Å². The van der Waals surface area contributed by atoms with Gasteiger partial charge in [-0.2, -0.15) is 0 Å². The van der Waals surface area contributed by atoms with Crippen molar-refractivity contribution in [2.75, 3.05) is 24.8 Å². The van der Waals surface area contributed by atoms with Gasteiger partial charge in [-0.25, -0.2) is 0 Å². The van der Waals surface area contributed by atoms with Gasteiger partial charge in [0.1, 0.15) is 5.75 Å². The first-order valence-corrected chi connectivity index (χ1v) is 5.82. The molecule has 0 aliphatic heterocycles. The number of nitrogens with one attached hydrogen (secondary N) is 2. The molecule has 0 spiro atoms. The Labute approximate surface area is 111 Å². The summed E-state index contributed by atoms with van der Waals surface area (Å²) in [7, 11) is 3.31. The quantitative estimate of drug-likeness (QED) is 0.882. The van der Waals surface area contributed by atoms with Crippen LogP contribution in [0.2, 0.25) is 0 Å². The summed E-state index contributed by atoms with van der Waals surface area (Å²) >= 11 is 0. The van der Waals surface area contributed by atoms with E-state index in [1.165, 1.54) is 0 Å². The average molecular weight is 257 g/mol. The molecule has 2 rings (SSSR count). The molecule has 0 radical (unpaired) electrons. The molecule has 0 bridgehead atoms. The number of nitrogens with zero attached hydrogens (tertiary/aromatic N) is 1. The molecular formula is C14H15N3O2. The van der Waals surface area contributed by atoms with Crippen LogP contribution in [0.1, 0.15) is 10.4 Å². The summed E-state index contributed by atoms with van der Waals surface area (Å²) in [4.78, 5) is 16.2. The molecule has 2 N–H and O–H groups in total. The van der Waals surface area contributed by atoms with Gasteiger partial charge in [-0.05, 0) is 18.2 Å². The van der Waals surface area contributed by atoms with E-state index >= 15 is 0 Å². The number of rotatable bonds is 4. The van der Waals surface area contributed by atoms with Crippen LogP contribution in [0.3, 0.4) is 0 Å². The van der Waals surface area contributed by atoms with Crippen molar-refractivity contribution >= 4 is 17.3 Å². The van der Waals surface area contributed by atoms with Crippen molar-refractivity contribution in [2.24, 2.45) is 0 Å². The zero-order valence-corrected chi connectivity index (χ0v) is 10.8. The number of aromatic nitrogens is 1. The molecule has 0 aliphatic carbocycles. The number of para-hydroxylation sites is 2. The Morgan fingerprint density at radius 1 is 1.21 bits per heavy atom. The highest BCUT2D eigenvalue weighted by molar-refractivity contribution is 6.08. The van der Waals surface area contributed by atoms with Gasteiger partial charge in [0.25, 0.3) is 5.91 Å². The third-order valence-electron chi connectivity index (χ3n) is 2.69. The lowest BCUT2D eigenvalue weighted by Crippen LogP contribution is -2.14. The van der Waals surface area contributed by atoms with Crippen molar-refractivity contribution in [1.29, 1.82) is 0 Å². The van der Waals surface area contributed by atoms with Crippen molar-refractivity contribution in [2.45, 2.75) is 0 Å². The topological polar surface area (TPSA) is 63.2 Å². The van der Waals surface area contributed by atoms with Gasteiger partial charge in [0.2, 0.25) is 0 Å². The van der Waals surface area contributed by atoms with Crippen molar-refractivity contribution in [1.82, 2.24) is 4.98 Å². The highest BCUT2D eigenvalue weighted by Gasteiger charge is 2.12. The first-order valence-electron chi connectivity index (χ1n) is 5.82. The summed E-state index contributed by atoms with van der Waals surface area (Å²) in [6, 6.07) is 8.93. The predicted molar refractivity (Wildman–Crippen MR) is 74.7 cm³/mol. The number of methoxy groups -OCH3 is 1.